The quantitative estimate of drug-likeness (QED) is 0.829. The largest absolute Gasteiger partial charge is 0.359 e. The molecule has 2 N–H and O–H groups in total. The number of rotatable bonds is 3. The van der Waals surface area contributed by atoms with Crippen molar-refractivity contribution in [2.45, 2.75) is 32.2 Å². The average molecular weight is 223 g/mol. The molecule has 1 unspecified atom stereocenters. The molecule has 0 aromatic carbocycles. The Morgan fingerprint density at radius 2 is 2.56 bits per heavy atom. The highest BCUT2D eigenvalue weighted by atomic mass is 16.5. The van der Waals surface area contributed by atoms with E-state index in [0.29, 0.717) is 13.0 Å². The van der Waals surface area contributed by atoms with Gasteiger partial charge in [0.2, 0.25) is 5.91 Å². The predicted octanol–water partition coefficient (Wildman–Crippen LogP) is 0.995. The summed E-state index contributed by atoms with van der Waals surface area (Å²) in [4.78, 5) is 13.7. The van der Waals surface area contributed by atoms with Crippen LogP contribution in [0.25, 0.3) is 0 Å². The molecule has 1 aromatic heterocycles. The van der Waals surface area contributed by atoms with Crippen LogP contribution in [0.1, 0.15) is 36.8 Å². The Labute approximate surface area is 94.6 Å². The Balaban J connectivity index is 2.11. The third-order valence-electron chi connectivity index (χ3n) is 2.91. The molecule has 0 spiro atoms. The van der Waals surface area contributed by atoms with E-state index in [1.165, 1.54) is 0 Å². The molecular weight excluding hydrogens is 206 g/mol. The molecule has 1 saturated heterocycles. The number of nitrogens with zero attached hydrogens (tertiary/aromatic N) is 2. The third kappa shape index (κ3) is 2.09. The summed E-state index contributed by atoms with van der Waals surface area (Å²) in [5.41, 5.74) is 6.26. The van der Waals surface area contributed by atoms with Gasteiger partial charge in [0.25, 0.3) is 0 Å². The standard InChI is InChI=1S/C11H17N3O2/c1-8-7-10(16-13-8)9-3-2-6-14(9)11(15)4-5-12/h7,9H,2-6,12H2,1H3. The molecule has 1 aliphatic rings. The van der Waals surface area contributed by atoms with Crippen molar-refractivity contribution in [1.29, 1.82) is 0 Å². The summed E-state index contributed by atoms with van der Waals surface area (Å²) in [6.45, 7) is 3.08. The number of amides is 1. The lowest BCUT2D eigenvalue weighted by atomic mass is 10.1. The van der Waals surface area contributed by atoms with E-state index in [9.17, 15) is 4.79 Å². The Morgan fingerprint density at radius 3 is 3.19 bits per heavy atom. The average Bonchev–Trinajstić information content (AvgIpc) is 2.85. The lowest BCUT2D eigenvalue weighted by Crippen LogP contribution is -2.31. The van der Waals surface area contributed by atoms with Gasteiger partial charge in [-0.1, -0.05) is 5.16 Å². The molecule has 2 heterocycles. The van der Waals surface area contributed by atoms with E-state index in [-0.39, 0.29) is 11.9 Å². The van der Waals surface area contributed by atoms with Crippen LogP contribution in [0.3, 0.4) is 0 Å². The number of likely N-dealkylation sites (tertiary alicyclic amines) is 1. The molecule has 5 heteroatoms. The number of carbonyl (C=O) groups is 1. The maximum atomic E-state index is 11.8. The molecule has 1 aromatic rings. The number of aromatic nitrogens is 1. The molecule has 5 nitrogen and oxygen atoms in total. The first kappa shape index (κ1) is 11.1. The molecule has 16 heavy (non-hydrogen) atoms. The SMILES string of the molecule is Cc1cc(C2CCCN2C(=O)CCN)on1. The van der Waals surface area contributed by atoms with Crippen molar-refractivity contribution >= 4 is 5.91 Å². The van der Waals surface area contributed by atoms with Crippen molar-refractivity contribution in [3.05, 3.63) is 17.5 Å². The highest BCUT2D eigenvalue weighted by Gasteiger charge is 2.31. The van der Waals surface area contributed by atoms with Crippen LogP contribution in [0.15, 0.2) is 10.6 Å². The molecule has 0 saturated carbocycles. The number of carbonyl (C=O) groups excluding carboxylic acids is 1. The van der Waals surface area contributed by atoms with Gasteiger partial charge in [0.1, 0.15) is 0 Å². The van der Waals surface area contributed by atoms with Gasteiger partial charge in [-0.05, 0) is 19.8 Å². The minimum absolute atomic E-state index is 0.0558. The first-order valence-corrected chi connectivity index (χ1v) is 5.65. The summed E-state index contributed by atoms with van der Waals surface area (Å²) in [6.07, 6.45) is 2.37. The first-order valence-electron chi connectivity index (χ1n) is 5.65. The lowest BCUT2D eigenvalue weighted by molar-refractivity contribution is -0.132. The maximum absolute atomic E-state index is 11.8. The molecule has 1 aliphatic heterocycles. The van der Waals surface area contributed by atoms with Crippen LogP contribution in [0, 0.1) is 6.92 Å². The normalized spacial score (nSPS) is 20.4. The van der Waals surface area contributed by atoms with Crippen LogP contribution < -0.4 is 5.73 Å². The van der Waals surface area contributed by atoms with Crippen LogP contribution in [0.2, 0.25) is 0 Å². The number of aryl methyl sites for hydroxylation is 1. The van der Waals surface area contributed by atoms with E-state index in [1.807, 2.05) is 17.9 Å². The van der Waals surface area contributed by atoms with Gasteiger partial charge in [-0.3, -0.25) is 4.79 Å². The highest BCUT2D eigenvalue weighted by Crippen LogP contribution is 2.32. The van der Waals surface area contributed by atoms with Crippen LogP contribution in [0.4, 0.5) is 0 Å². The van der Waals surface area contributed by atoms with Crippen molar-refractivity contribution in [3.8, 4) is 0 Å². The zero-order valence-corrected chi connectivity index (χ0v) is 9.48. The fourth-order valence-corrected chi connectivity index (χ4v) is 2.17. The number of hydrogen-bond donors (Lipinski definition) is 1. The van der Waals surface area contributed by atoms with Gasteiger partial charge in [-0.25, -0.2) is 0 Å². The molecular formula is C11H17N3O2. The van der Waals surface area contributed by atoms with Crippen molar-refractivity contribution in [3.63, 3.8) is 0 Å². The number of hydrogen-bond acceptors (Lipinski definition) is 4. The van der Waals surface area contributed by atoms with Crippen molar-refractivity contribution in [2.24, 2.45) is 5.73 Å². The van der Waals surface area contributed by atoms with Crippen molar-refractivity contribution < 1.29 is 9.32 Å². The Hall–Kier alpha value is -1.36. The summed E-state index contributed by atoms with van der Waals surface area (Å²) >= 11 is 0. The summed E-state index contributed by atoms with van der Waals surface area (Å²) in [5.74, 6) is 0.902. The number of nitrogens with two attached hydrogens (primary N) is 1. The molecule has 0 aliphatic carbocycles. The van der Waals surface area contributed by atoms with Crippen molar-refractivity contribution in [1.82, 2.24) is 10.1 Å². The van der Waals surface area contributed by atoms with E-state index < -0.39 is 0 Å². The fourth-order valence-electron chi connectivity index (χ4n) is 2.17. The Morgan fingerprint density at radius 1 is 1.75 bits per heavy atom. The van der Waals surface area contributed by atoms with E-state index in [1.54, 1.807) is 0 Å². The van der Waals surface area contributed by atoms with Gasteiger partial charge in [0.05, 0.1) is 11.7 Å². The first-order chi connectivity index (χ1) is 7.72. The van der Waals surface area contributed by atoms with Gasteiger partial charge < -0.3 is 15.2 Å². The minimum atomic E-state index is 0.0558. The smallest absolute Gasteiger partial charge is 0.224 e. The Bertz CT molecular complexity index is 375. The molecule has 2 rings (SSSR count). The second kappa shape index (κ2) is 4.65. The fraction of sp³-hybridized carbons (Fsp3) is 0.636. The predicted molar refractivity (Wildman–Crippen MR) is 58.6 cm³/mol. The lowest BCUT2D eigenvalue weighted by Gasteiger charge is -2.22. The summed E-state index contributed by atoms with van der Waals surface area (Å²) in [5, 5.41) is 3.86. The Kier molecular flexibility index (Phi) is 3.24. The molecule has 0 radical (unpaired) electrons. The van der Waals surface area contributed by atoms with Gasteiger partial charge in [0.15, 0.2) is 5.76 Å². The highest BCUT2D eigenvalue weighted by molar-refractivity contribution is 5.77. The summed E-state index contributed by atoms with van der Waals surface area (Å²) in [7, 11) is 0. The topological polar surface area (TPSA) is 72.4 Å². The van der Waals surface area contributed by atoms with Gasteiger partial charge in [-0.2, -0.15) is 0 Å². The second-order valence-electron chi connectivity index (χ2n) is 4.15. The van der Waals surface area contributed by atoms with Gasteiger partial charge in [-0.15, -0.1) is 0 Å². The molecule has 0 bridgehead atoms. The van der Waals surface area contributed by atoms with Crippen LogP contribution >= 0.6 is 0 Å². The summed E-state index contributed by atoms with van der Waals surface area (Å²) in [6, 6.07) is 1.96. The molecule has 1 atom stereocenters. The summed E-state index contributed by atoms with van der Waals surface area (Å²) < 4.78 is 5.23. The monoisotopic (exact) mass is 223 g/mol. The zero-order chi connectivity index (χ0) is 11.5. The van der Waals surface area contributed by atoms with Crippen LogP contribution in [-0.2, 0) is 4.79 Å². The molecule has 1 amide bonds. The third-order valence-corrected chi connectivity index (χ3v) is 2.91. The second-order valence-corrected chi connectivity index (χ2v) is 4.15. The van der Waals surface area contributed by atoms with Crippen molar-refractivity contribution in [2.75, 3.05) is 13.1 Å². The van der Waals surface area contributed by atoms with E-state index in [0.717, 1.165) is 30.8 Å². The van der Waals surface area contributed by atoms with E-state index in [4.69, 9.17) is 10.3 Å². The zero-order valence-electron chi connectivity index (χ0n) is 9.48. The van der Waals surface area contributed by atoms with Gasteiger partial charge >= 0.3 is 0 Å². The van der Waals surface area contributed by atoms with Crippen LogP contribution in [-0.4, -0.2) is 29.1 Å². The van der Waals surface area contributed by atoms with Crippen LogP contribution in [0.5, 0.6) is 0 Å². The van der Waals surface area contributed by atoms with Gasteiger partial charge in [0, 0.05) is 25.6 Å². The van der Waals surface area contributed by atoms with E-state index in [2.05, 4.69) is 5.16 Å². The molecule has 88 valence electrons. The minimum Gasteiger partial charge on any atom is -0.359 e. The maximum Gasteiger partial charge on any atom is 0.224 e. The van der Waals surface area contributed by atoms with E-state index >= 15 is 0 Å². The molecule has 1 fully saturated rings.